The Morgan fingerprint density at radius 3 is 2.37 bits per heavy atom. The first kappa shape index (κ1) is 26.5. The fourth-order valence-electron chi connectivity index (χ4n) is 4.94. The van der Waals surface area contributed by atoms with E-state index in [1.165, 1.54) is 5.56 Å². The lowest BCUT2D eigenvalue weighted by molar-refractivity contribution is -0.0150. The lowest BCUT2D eigenvalue weighted by Crippen LogP contribution is -2.40. The molecule has 3 heterocycles. The van der Waals surface area contributed by atoms with Gasteiger partial charge in [0, 0.05) is 12.1 Å². The van der Waals surface area contributed by atoms with Gasteiger partial charge in [0.2, 0.25) is 5.88 Å². The van der Waals surface area contributed by atoms with Crippen molar-refractivity contribution in [3.63, 3.8) is 0 Å². The SMILES string of the molecule is CCOc1cccc(-c2nc3ncc(NC4CC(OCc5ccccc5)C4)nc3n2-c2c(OC)cccc2OC)n1. The van der Waals surface area contributed by atoms with Gasteiger partial charge in [-0.1, -0.05) is 42.5 Å². The highest BCUT2D eigenvalue weighted by Gasteiger charge is 2.31. The third-order valence-electron chi connectivity index (χ3n) is 7.02. The quantitative estimate of drug-likeness (QED) is 0.229. The predicted molar refractivity (Wildman–Crippen MR) is 156 cm³/mol. The molecule has 10 nitrogen and oxygen atoms in total. The van der Waals surface area contributed by atoms with Crippen molar-refractivity contribution in [3.8, 4) is 34.6 Å². The Morgan fingerprint density at radius 1 is 0.878 bits per heavy atom. The molecule has 1 N–H and O–H groups in total. The summed E-state index contributed by atoms with van der Waals surface area (Å²) >= 11 is 0. The molecule has 0 unspecified atom stereocenters. The second-order valence-electron chi connectivity index (χ2n) is 9.71. The zero-order chi connectivity index (χ0) is 28.2. The van der Waals surface area contributed by atoms with Crippen molar-refractivity contribution < 1.29 is 18.9 Å². The highest BCUT2D eigenvalue weighted by molar-refractivity contribution is 5.80. The van der Waals surface area contributed by atoms with Gasteiger partial charge in [-0.05, 0) is 43.5 Å². The molecule has 2 aromatic carbocycles. The van der Waals surface area contributed by atoms with Crippen LogP contribution in [0, 0.1) is 0 Å². The summed E-state index contributed by atoms with van der Waals surface area (Å²) in [6.07, 6.45) is 3.71. The van der Waals surface area contributed by atoms with Crippen molar-refractivity contribution in [2.45, 2.75) is 38.5 Å². The van der Waals surface area contributed by atoms with Crippen LogP contribution in [0.2, 0.25) is 0 Å². The van der Waals surface area contributed by atoms with Gasteiger partial charge < -0.3 is 24.3 Å². The van der Waals surface area contributed by atoms with Gasteiger partial charge in [0.15, 0.2) is 17.1 Å². The Hall–Kier alpha value is -4.70. The monoisotopic (exact) mass is 552 g/mol. The summed E-state index contributed by atoms with van der Waals surface area (Å²) in [6, 6.07) is 21.7. The third kappa shape index (κ3) is 5.51. The van der Waals surface area contributed by atoms with Crippen LogP contribution in [0.5, 0.6) is 17.4 Å². The topological polar surface area (TPSA) is 105 Å². The Bertz CT molecular complexity index is 1610. The van der Waals surface area contributed by atoms with E-state index < -0.39 is 0 Å². The average molecular weight is 553 g/mol. The molecule has 0 atom stereocenters. The number of nitrogens with one attached hydrogen (secondary N) is 1. The predicted octanol–water partition coefficient (Wildman–Crippen LogP) is 5.45. The van der Waals surface area contributed by atoms with Crippen LogP contribution in [-0.2, 0) is 11.3 Å². The van der Waals surface area contributed by atoms with Crippen LogP contribution < -0.4 is 19.5 Å². The van der Waals surface area contributed by atoms with Crippen LogP contribution in [0.1, 0.15) is 25.3 Å². The standard InChI is InChI=1S/C31H32N6O4/c1-4-40-27-15-8-12-23(34-27)30-36-29-31(37(30)28-24(38-2)13-9-14-25(28)39-3)35-26(18-32-29)33-21-16-22(17-21)41-19-20-10-6-5-7-11-20/h5-15,18,21-22H,4,16-17,19H2,1-3H3,(H,33,35). The van der Waals surface area contributed by atoms with Crippen LogP contribution in [0.4, 0.5) is 5.82 Å². The van der Waals surface area contributed by atoms with Crippen LogP contribution in [0.25, 0.3) is 28.5 Å². The molecule has 41 heavy (non-hydrogen) atoms. The van der Waals surface area contributed by atoms with E-state index in [4.69, 9.17) is 33.9 Å². The smallest absolute Gasteiger partial charge is 0.213 e. The summed E-state index contributed by atoms with van der Waals surface area (Å²) in [5.41, 5.74) is 3.46. The maximum Gasteiger partial charge on any atom is 0.213 e. The molecule has 6 rings (SSSR count). The van der Waals surface area contributed by atoms with E-state index >= 15 is 0 Å². The van der Waals surface area contributed by atoms with E-state index in [-0.39, 0.29) is 12.1 Å². The van der Waals surface area contributed by atoms with Gasteiger partial charge in [0.05, 0.1) is 39.7 Å². The molecular formula is C31H32N6O4. The van der Waals surface area contributed by atoms with Crippen LogP contribution in [0.3, 0.4) is 0 Å². The number of rotatable bonds is 11. The Kier molecular flexibility index (Phi) is 7.64. The summed E-state index contributed by atoms with van der Waals surface area (Å²) < 4.78 is 25.1. The fourth-order valence-corrected chi connectivity index (χ4v) is 4.94. The zero-order valence-corrected chi connectivity index (χ0v) is 23.3. The van der Waals surface area contributed by atoms with Gasteiger partial charge in [-0.3, -0.25) is 4.57 Å². The number of methoxy groups -OCH3 is 2. The van der Waals surface area contributed by atoms with Crippen molar-refractivity contribution in [3.05, 3.63) is 78.5 Å². The number of aromatic nitrogens is 5. The first-order valence-electron chi connectivity index (χ1n) is 13.7. The van der Waals surface area contributed by atoms with E-state index in [0.717, 1.165) is 12.8 Å². The summed E-state index contributed by atoms with van der Waals surface area (Å²) in [6.45, 7) is 3.04. The average Bonchev–Trinajstić information content (AvgIpc) is 3.37. The molecular weight excluding hydrogens is 520 g/mol. The molecule has 0 aliphatic heterocycles. The highest BCUT2D eigenvalue weighted by atomic mass is 16.5. The summed E-state index contributed by atoms with van der Waals surface area (Å²) in [5, 5.41) is 3.52. The van der Waals surface area contributed by atoms with E-state index in [0.29, 0.717) is 64.9 Å². The van der Waals surface area contributed by atoms with E-state index in [9.17, 15) is 0 Å². The highest BCUT2D eigenvalue weighted by Crippen LogP contribution is 2.38. The lowest BCUT2D eigenvalue weighted by atomic mass is 9.89. The number of anilines is 1. The molecule has 1 saturated carbocycles. The number of hydrogen-bond donors (Lipinski definition) is 1. The molecule has 1 aliphatic rings. The Morgan fingerprint density at radius 2 is 1.63 bits per heavy atom. The molecule has 10 heteroatoms. The lowest BCUT2D eigenvalue weighted by Gasteiger charge is -2.35. The molecule has 3 aromatic heterocycles. The fraction of sp³-hybridized carbons (Fsp3) is 0.290. The number of hydrogen-bond acceptors (Lipinski definition) is 9. The molecule has 0 spiro atoms. The minimum atomic E-state index is 0.211. The second kappa shape index (κ2) is 11.8. The first-order chi connectivity index (χ1) is 20.2. The molecule has 5 aromatic rings. The Labute approximate surface area is 238 Å². The molecule has 210 valence electrons. The normalized spacial score (nSPS) is 16.3. The van der Waals surface area contributed by atoms with Gasteiger partial charge in [-0.2, -0.15) is 0 Å². The van der Waals surface area contributed by atoms with Crippen molar-refractivity contribution in [1.82, 2.24) is 24.5 Å². The van der Waals surface area contributed by atoms with E-state index in [2.05, 4.69) is 22.4 Å². The van der Waals surface area contributed by atoms with Gasteiger partial charge in [0.1, 0.15) is 28.7 Å². The van der Waals surface area contributed by atoms with E-state index in [1.807, 2.05) is 66.1 Å². The molecule has 0 amide bonds. The van der Waals surface area contributed by atoms with E-state index in [1.54, 1.807) is 20.4 Å². The number of benzene rings is 2. The summed E-state index contributed by atoms with van der Waals surface area (Å²) in [5.74, 6) is 2.90. The number of ether oxygens (including phenoxy) is 4. The Balaban J connectivity index is 1.33. The van der Waals surface area contributed by atoms with Gasteiger partial charge in [0.25, 0.3) is 0 Å². The molecule has 0 bridgehead atoms. The van der Waals surface area contributed by atoms with Crippen LogP contribution in [-0.4, -0.2) is 57.5 Å². The maximum atomic E-state index is 6.07. The zero-order valence-electron chi connectivity index (χ0n) is 23.3. The van der Waals surface area contributed by atoms with Crippen molar-refractivity contribution >= 4 is 17.1 Å². The molecule has 1 fully saturated rings. The van der Waals surface area contributed by atoms with Gasteiger partial charge >= 0.3 is 0 Å². The summed E-state index contributed by atoms with van der Waals surface area (Å²) in [4.78, 5) is 19.2. The molecule has 0 saturated heterocycles. The van der Waals surface area contributed by atoms with Crippen LogP contribution in [0.15, 0.2) is 72.9 Å². The minimum Gasteiger partial charge on any atom is -0.494 e. The van der Waals surface area contributed by atoms with Crippen molar-refractivity contribution in [2.24, 2.45) is 0 Å². The summed E-state index contributed by atoms with van der Waals surface area (Å²) in [7, 11) is 3.24. The number of pyridine rings is 1. The van der Waals surface area contributed by atoms with Gasteiger partial charge in [-0.25, -0.2) is 19.9 Å². The second-order valence-corrected chi connectivity index (χ2v) is 9.71. The number of para-hydroxylation sites is 1. The van der Waals surface area contributed by atoms with Crippen LogP contribution >= 0.6 is 0 Å². The number of fused-ring (bicyclic) bond motifs is 1. The number of imidazole rings is 1. The first-order valence-corrected chi connectivity index (χ1v) is 13.7. The largest absolute Gasteiger partial charge is 0.494 e. The third-order valence-corrected chi connectivity index (χ3v) is 7.02. The minimum absolute atomic E-state index is 0.211. The molecule has 1 aliphatic carbocycles. The van der Waals surface area contributed by atoms with Crippen molar-refractivity contribution in [1.29, 1.82) is 0 Å². The van der Waals surface area contributed by atoms with Gasteiger partial charge in [-0.15, -0.1) is 0 Å². The number of nitrogens with zero attached hydrogens (tertiary/aromatic N) is 5. The van der Waals surface area contributed by atoms with Crippen molar-refractivity contribution in [2.75, 3.05) is 26.1 Å². The maximum absolute atomic E-state index is 6.07. The molecule has 0 radical (unpaired) electrons.